The summed E-state index contributed by atoms with van der Waals surface area (Å²) in [7, 11) is 2.78. The van der Waals surface area contributed by atoms with Crippen LogP contribution in [0.4, 0.5) is 5.69 Å². The number of non-ortho nitro benzene ring substituents is 1. The number of ether oxygens (including phenoxy) is 3. The number of aromatic nitrogens is 1. The molecule has 12 heteroatoms. The summed E-state index contributed by atoms with van der Waals surface area (Å²) in [6.45, 7) is 1.94. The van der Waals surface area contributed by atoms with E-state index in [1.54, 1.807) is 55.5 Å². The Labute approximate surface area is 248 Å². The Morgan fingerprint density at radius 3 is 2.48 bits per heavy atom. The van der Waals surface area contributed by atoms with Crippen molar-refractivity contribution in [2.45, 2.75) is 19.6 Å². The summed E-state index contributed by atoms with van der Waals surface area (Å²) >= 11 is 7.52. The van der Waals surface area contributed by atoms with E-state index >= 15 is 0 Å². The largest absolute Gasteiger partial charge is 0.496 e. The van der Waals surface area contributed by atoms with Gasteiger partial charge in [0.2, 0.25) is 0 Å². The quantitative estimate of drug-likeness (QED) is 0.164. The van der Waals surface area contributed by atoms with Gasteiger partial charge in [-0.25, -0.2) is 9.79 Å². The first-order valence-electron chi connectivity index (χ1n) is 12.6. The molecule has 4 aromatic rings. The van der Waals surface area contributed by atoms with Crippen molar-refractivity contribution in [1.29, 1.82) is 0 Å². The fourth-order valence-corrected chi connectivity index (χ4v) is 5.83. The monoisotopic (exact) mass is 605 g/mol. The van der Waals surface area contributed by atoms with Gasteiger partial charge in [0.15, 0.2) is 4.80 Å². The average Bonchev–Trinajstić information content (AvgIpc) is 3.29. The molecule has 0 saturated carbocycles. The number of nitrogens with zero attached hydrogens (tertiary/aromatic N) is 3. The summed E-state index contributed by atoms with van der Waals surface area (Å²) in [5.74, 6) is 0.444. The molecular formula is C30H24ClN3O7S. The first-order valence-corrected chi connectivity index (χ1v) is 13.8. The molecule has 0 fully saturated rings. The van der Waals surface area contributed by atoms with Crippen molar-refractivity contribution in [2.75, 3.05) is 14.2 Å². The van der Waals surface area contributed by atoms with Gasteiger partial charge in [-0.15, -0.1) is 0 Å². The highest BCUT2D eigenvalue weighted by Crippen LogP contribution is 2.37. The van der Waals surface area contributed by atoms with E-state index in [1.807, 2.05) is 12.1 Å². The van der Waals surface area contributed by atoms with Crippen LogP contribution in [-0.4, -0.2) is 29.7 Å². The molecular weight excluding hydrogens is 582 g/mol. The molecule has 0 spiro atoms. The standard InChI is InChI=1S/C30H24ClN3O7S/c1-17-26(29(36)40-3)27(23-15-20(31)8-13-24(23)39-2)33-28(35)25(42-30(33)32-17)14-18-6-11-22(12-7-18)41-16-19-4-9-21(10-5-19)34(37)38/h4-15,27H,16H2,1-3H3/b25-14-/t27-/m1/s1. The highest BCUT2D eigenvalue weighted by Gasteiger charge is 2.35. The number of fused-ring (bicyclic) bond motifs is 1. The summed E-state index contributed by atoms with van der Waals surface area (Å²) in [5, 5.41) is 11.3. The van der Waals surface area contributed by atoms with Gasteiger partial charge in [-0.2, -0.15) is 0 Å². The zero-order valence-electron chi connectivity index (χ0n) is 22.7. The summed E-state index contributed by atoms with van der Waals surface area (Å²) in [4.78, 5) is 42.1. The second-order valence-corrected chi connectivity index (χ2v) is 10.7. The fourth-order valence-electron chi connectivity index (χ4n) is 4.60. The van der Waals surface area contributed by atoms with Crippen LogP contribution in [0.1, 0.15) is 29.7 Å². The summed E-state index contributed by atoms with van der Waals surface area (Å²) in [5.41, 5.74) is 2.40. The van der Waals surface area contributed by atoms with Gasteiger partial charge < -0.3 is 14.2 Å². The lowest BCUT2D eigenvalue weighted by Gasteiger charge is -2.25. The van der Waals surface area contributed by atoms with Crippen molar-refractivity contribution in [1.82, 2.24) is 4.57 Å². The van der Waals surface area contributed by atoms with Gasteiger partial charge in [0.1, 0.15) is 24.1 Å². The van der Waals surface area contributed by atoms with E-state index in [-0.39, 0.29) is 23.4 Å². The number of hydrogen-bond donors (Lipinski definition) is 0. The number of methoxy groups -OCH3 is 2. The summed E-state index contributed by atoms with van der Waals surface area (Å²) in [6.07, 6.45) is 1.74. The Balaban J connectivity index is 1.48. The first-order chi connectivity index (χ1) is 20.2. The third kappa shape index (κ3) is 5.69. The van der Waals surface area contributed by atoms with Crippen LogP contribution >= 0.6 is 22.9 Å². The lowest BCUT2D eigenvalue weighted by molar-refractivity contribution is -0.384. The van der Waals surface area contributed by atoms with Gasteiger partial charge in [0.25, 0.3) is 11.2 Å². The molecule has 0 radical (unpaired) electrons. The molecule has 0 aliphatic carbocycles. The zero-order chi connectivity index (χ0) is 30.0. The second-order valence-electron chi connectivity index (χ2n) is 9.24. The van der Waals surface area contributed by atoms with Crippen LogP contribution < -0.4 is 24.4 Å². The molecule has 0 amide bonds. The van der Waals surface area contributed by atoms with Crippen molar-refractivity contribution in [3.63, 3.8) is 0 Å². The molecule has 1 aromatic heterocycles. The molecule has 3 aromatic carbocycles. The van der Waals surface area contributed by atoms with Crippen molar-refractivity contribution < 1.29 is 23.9 Å². The van der Waals surface area contributed by atoms with Gasteiger partial charge in [0.05, 0.1) is 34.9 Å². The molecule has 0 unspecified atom stereocenters. The van der Waals surface area contributed by atoms with Crippen molar-refractivity contribution >= 4 is 40.7 Å². The van der Waals surface area contributed by atoms with Crippen LogP contribution in [0, 0.1) is 10.1 Å². The van der Waals surface area contributed by atoms with Crippen LogP contribution in [0.15, 0.2) is 87.8 Å². The predicted molar refractivity (Wildman–Crippen MR) is 158 cm³/mol. The van der Waals surface area contributed by atoms with E-state index in [4.69, 9.17) is 25.8 Å². The molecule has 1 aliphatic heterocycles. The van der Waals surface area contributed by atoms with Gasteiger partial charge in [-0.05, 0) is 66.6 Å². The number of allylic oxidation sites excluding steroid dienone is 1. The first kappa shape index (κ1) is 28.8. The molecule has 2 heterocycles. The van der Waals surface area contributed by atoms with Crippen molar-refractivity contribution in [3.8, 4) is 11.5 Å². The SMILES string of the molecule is COC(=O)C1=C(C)N=c2s/c(=C\c3ccc(OCc4ccc([N+](=O)[O-])cc4)cc3)c(=O)n2[C@@H]1c1cc(Cl)ccc1OC. The molecule has 0 bridgehead atoms. The van der Waals surface area contributed by atoms with Crippen LogP contribution in [0.5, 0.6) is 11.5 Å². The number of nitro benzene ring substituents is 1. The van der Waals surface area contributed by atoms with Gasteiger partial charge >= 0.3 is 5.97 Å². The molecule has 5 rings (SSSR count). The Bertz CT molecular complexity index is 1890. The molecule has 1 aliphatic rings. The van der Waals surface area contributed by atoms with Crippen LogP contribution in [0.3, 0.4) is 0 Å². The number of thiazole rings is 1. The third-order valence-electron chi connectivity index (χ3n) is 6.64. The summed E-state index contributed by atoms with van der Waals surface area (Å²) < 4.78 is 18.3. The maximum absolute atomic E-state index is 13.8. The minimum atomic E-state index is -0.861. The topological polar surface area (TPSA) is 122 Å². The van der Waals surface area contributed by atoms with E-state index < -0.39 is 16.9 Å². The molecule has 10 nitrogen and oxygen atoms in total. The fraction of sp³-hybridized carbons (Fsp3) is 0.167. The maximum atomic E-state index is 13.8. The molecule has 0 N–H and O–H groups in total. The van der Waals surface area contributed by atoms with Gasteiger partial charge in [-0.3, -0.25) is 19.5 Å². The van der Waals surface area contributed by atoms with E-state index in [1.165, 1.54) is 42.3 Å². The lowest BCUT2D eigenvalue weighted by Crippen LogP contribution is -2.40. The molecule has 1 atom stereocenters. The minimum Gasteiger partial charge on any atom is -0.496 e. The molecule has 42 heavy (non-hydrogen) atoms. The van der Waals surface area contributed by atoms with Crippen molar-refractivity contribution in [3.05, 3.63) is 130 Å². The highest BCUT2D eigenvalue weighted by atomic mass is 35.5. The van der Waals surface area contributed by atoms with E-state index in [0.29, 0.717) is 37.1 Å². The number of hydrogen-bond acceptors (Lipinski definition) is 9. The van der Waals surface area contributed by atoms with E-state index in [2.05, 4.69) is 4.99 Å². The van der Waals surface area contributed by atoms with Crippen molar-refractivity contribution in [2.24, 2.45) is 4.99 Å². The number of benzene rings is 3. The maximum Gasteiger partial charge on any atom is 0.338 e. The lowest BCUT2D eigenvalue weighted by atomic mass is 9.95. The molecule has 0 saturated heterocycles. The zero-order valence-corrected chi connectivity index (χ0v) is 24.3. The minimum absolute atomic E-state index is 0.0167. The smallest absolute Gasteiger partial charge is 0.338 e. The Morgan fingerprint density at radius 2 is 1.83 bits per heavy atom. The number of nitro groups is 1. The second kappa shape index (κ2) is 12.0. The number of rotatable bonds is 8. The van der Waals surface area contributed by atoms with Crippen LogP contribution in [0.25, 0.3) is 6.08 Å². The molecule has 214 valence electrons. The Hall–Kier alpha value is -4.74. The number of halogens is 1. The Morgan fingerprint density at radius 1 is 1.12 bits per heavy atom. The van der Waals surface area contributed by atoms with Crippen LogP contribution in [-0.2, 0) is 16.1 Å². The average molecular weight is 606 g/mol. The normalized spacial score (nSPS) is 14.7. The number of carbonyl (C=O) groups is 1. The highest BCUT2D eigenvalue weighted by molar-refractivity contribution is 7.07. The number of carbonyl (C=O) groups excluding carboxylic acids is 1. The van der Waals surface area contributed by atoms with Crippen LogP contribution in [0.2, 0.25) is 5.02 Å². The van der Waals surface area contributed by atoms with E-state index in [9.17, 15) is 19.7 Å². The predicted octanol–water partition coefficient (Wildman–Crippen LogP) is 4.56. The van der Waals surface area contributed by atoms with E-state index in [0.717, 1.165) is 11.1 Å². The van der Waals surface area contributed by atoms with Gasteiger partial charge in [0, 0.05) is 22.7 Å². The van der Waals surface area contributed by atoms with Gasteiger partial charge in [-0.1, -0.05) is 35.1 Å². The number of esters is 1. The summed E-state index contributed by atoms with van der Waals surface area (Å²) in [6, 6.07) is 17.5. The third-order valence-corrected chi connectivity index (χ3v) is 7.86. The Kier molecular flexibility index (Phi) is 8.23.